The lowest BCUT2D eigenvalue weighted by Gasteiger charge is -2.17. The molecule has 0 spiro atoms. The van der Waals surface area contributed by atoms with E-state index in [1.807, 2.05) is 24.3 Å². The summed E-state index contributed by atoms with van der Waals surface area (Å²) in [6.45, 7) is 2.96. The first-order valence-electron chi connectivity index (χ1n) is 6.43. The molecule has 2 N–H and O–H groups in total. The van der Waals surface area contributed by atoms with Crippen molar-refractivity contribution in [3.8, 4) is 5.75 Å². The van der Waals surface area contributed by atoms with E-state index in [4.69, 9.17) is 4.74 Å². The molecule has 94 valence electrons. The average Bonchev–Trinajstić information content (AvgIpc) is 3.18. The lowest BCUT2D eigenvalue weighted by molar-refractivity contribution is 0.242. The molecule has 1 fully saturated rings. The molecule has 2 rings (SSSR count). The summed E-state index contributed by atoms with van der Waals surface area (Å²) in [4.78, 5) is 0. The minimum Gasteiger partial charge on any atom is -0.494 e. The fourth-order valence-electron chi connectivity index (χ4n) is 1.83. The van der Waals surface area contributed by atoms with Crippen LogP contribution >= 0.6 is 0 Å². The molecule has 0 bridgehead atoms. The van der Waals surface area contributed by atoms with Crippen LogP contribution in [-0.4, -0.2) is 24.4 Å². The van der Waals surface area contributed by atoms with Gasteiger partial charge in [0.2, 0.25) is 0 Å². The molecule has 17 heavy (non-hydrogen) atoms. The summed E-state index contributed by atoms with van der Waals surface area (Å²) in [5.74, 6) is 0.889. The minimum atomic E-state index is 0.0349. The monoisotopic (exact) mass is 235 g/mol. The number of hydrogen-bond donors (Lipinski definition) is 2. The van der Waals surface area contributed by atoms with E-state index in [-0.39, 0.29) is 12.6 Å². The van der Waals surface area contributed by atoms with Gasteiger partial charge in [-0.05, 0) is 37.0 Å². The second-order valence-electron chi connectivity index (χ2n) is 4.60. The maximum atomic E-state index is 9.42. The lowest BCUT2D eigenvalue weighted by atomic mass is 10.1. The van der Waals surface area contributed by atoms with Gasteiger partial charge in [-0.15, -0.1) is 0 Å². The largest absolute Gasteiger partial charge is 0.494 e. The van der Waals surface area contributed by atoms with Crippen LogP contribution < -0.4 is 10.1 Å². The molecule has 0 amide bonds. The summed E-state index contributed by atoms with van der Waals surface area (Å²) >= 11 is 0. The Morgan fingerprint density at radius 2 is 2.29 bits per heavy atom. The van der Waals surface area contributed by atoms with Gasteiger partial charge in [0.05, 0.1) is 19.3 Å². The highest BCUT2D eigenvalue weighted by atomic mass is 16.5. The van der Waals surface area contributed by atoms with Gasteiger partial charge in [-0.3, -0.25) is 0 Å². The zero-order valence-electron chi connectivity index (χ0n) is 10.4. The van der Waals surface area contributed by atoms with Gasteiger partial charge < -0.3 is 15.2 Å². The Morgan fingerprint density at radius 3 is 2.94 bits per heavy atom. The van der Waals surface area contributed by atoms with Crippen LogP contribution in [0.25, 0.3) is 0 Å². The SMILES string of the molecule is CCCOc1cccc(C(CO)NC2CC2)c1. The van der Waals surface area contributed by atoms with Crippen molar-refractivity contribution in [1.29, 1.82) is 0 Å². The zero-order chi connectivity index (χ0) is 12.1. The second-order valence-corrected chi connectivity index (χ2v) is 4.60. The molecule has 0 saturated heterocycles. The number of hydrogen-bond acceptors (Lipinski definition) is 3. The molecule has 1 aliphatic rings. The maximum Gasteiger partial charge on any atom is 0.119 e. The third-order valence-corrected chi connectivity index (χ3v) is 2.93. The fraction of sp³-hybridized carbons (Fsp3) is 0.571. The Kier molecular flexibility index (Phi) is 4.40. The molecule has 3 heteroatoms. The van der Waals surface area contributed by atoms with Gasteiger partial charge in [0, 0.05) is 6.04 Å². The molecule has 0 radical (unpaired) electrons. The molecular weight excluding hydrogens is 214 g/mol. The first-order chi connectivity index (χ1) is 8.33. The molecule has 1 unspecified atom stereocenters. The third kappa shape index (κ3) is 3.72. The summed E-state index contributed by atoms with van der Waals surface area (Å²) < 4.78 is 5.60. The van der Waals surface area contributed by atoms with Gasteiger partial charge in [0.1, 0.15) is 5.75 Å². The van der Waals surface area contributed by atoms with E-state index in [0.717, 1.165) is 24.3 Å². The number of rotatable bonds is 7. The molecule has 0 aliphatic heterocycles. The van der Waals surface area contributed by atoms with Gasteiger partial charge in [-0.25, -0.2) is 0 Å². The third-order valence-electron chi connectivity index (χ3n) is 2.93. The predicted molar refractivity (Wildman–Crippen MR) is 68.2 cm³/mol. The van der Waals surface area contributed by atoms with E-state index in [9.17, 15) is 5.11 Å². The zero-order valence-corrected chi connectivity index (χ0v) is 10.4. The fourth-order valence-corrected chi connectivity index (χ4v) is 1.83. The van der Waals surface area contributed by atoms with Crippen molar-refractivity contribution in [2.75, 3.05) is 13.2 Å². The number of ether oxygens (including phenoxy) is 1. The summed E-state index contributed by atoms with van der Waals surface area (Å²) in [6, 6.07) is 8.63. The van der Waals surface area contributed by atoms with Crippen LogP contribution in [0.5, 0.6) is 5.75 Å². The molecule has 1 saturated carbocycles. The van der Waals surface area contributed by atoms with Crippen molar-refractivity contribution in [3.05, 3.63) is 29.8 Å². The van der Waals surface area contributed by atoms with E-state index in [1.54, 1.807) is 0 Å². The molecule has 1 atom stereocenters. The minimum absolute atomic E-state index is 0.0349. The smallest absolute Gasteiger partial charge is 0.119 e. The van der Waals surface area contributed by atoms with E-state index in [0.29, 0.717) is 6.04 Å². The van der Waals surface area contributed by atoms with Crippen LogP contribution in [0.15, 0.2) is 24.3 Å². The van der Waals surface area contributed by atoms with Crippen molar-refractivity contribution in [1.82, 2.24) is 5.32 Å². The highest BCUT2D eigenvalue weighted by Crippen LogP contribution is 2.25. The van der Waals surface area contributed by atoms with Gasteiger partial charge >= 0.3 is 0 Å². The van der Waals surface area contributed by atoms with Crippen LogP contribution in [0.4, 0.5) is 0 Å². The average molecular weight is 235 g/mol. The summed E-state index contributed by atoms with van der Waals surface area (Å²) in [5, 5.41) is 12.9. The quantitative estimate of drug-likeness (QED) is 0.761. The van der Waals surface area contributed by atoms with Crippen LogP contribution in [0, 0.1) is 0 Å². The van der Waals surface area contributed by atoms with Gasteiger partial charge in [0.15, 0.2) is 0 Å². The van der Waals surface area contributed by atoms with Crippen LogP contribution in [0.3, 0.4) is 0 Å². The lowest BCUT2D eigenvalue weighted by Crippen LogP contribution is -2.26. The van der Waals surface area contributed by atoms with E-state index < -0.39 is 0 Å². The summed E-state index contributed by atoms with van der Waals surface area (Å²) in [5.41, 5.74) is 1.10. The Balaban J connectivity index is 2.01. The Labute approximate surface area is 103 Å². The van der Waals surface area contributed by atoms with E-state index >= 15 is 0 Å². The van der Waals surface area contributed by atoms with Gasteiger partial charge in [-0.1, -0.05) is 19.1 Å². The highest BCUT2D eigenvalue weighted by Gasteiger charge is 2.25. The normalized spacial score (nSPS) is 16.8. The second kappa shape index (κ2) is 6.03. The molecule has 1 aromatic carbocycles. The Bertz CT molecular complexity index is 350. The number of nitrogens with one attached hydrogen (secondary N) is 1. The number of aliphatic hydroxyl groups is 1. The summed E-state index contributed by atoms with van der Waals surface area (Å²) in [6.07, 6.45) is 3.46. The predicted octanol–water partition coefficient (Wildman–Crippen LogP) is 2.26. The molecule has 3 nitrogen and oxygen atoms in total. The topological polar surface area (TPSA) is 41.5 Å². The molecule has 1 aromatic rings. The first kappa shape index (κ1) is 12.4. The molecular formula is C14H21NO2. The number of benzene rings is 1. The van der Waals surface area contributed by atoms with Gasteiger partial charge in [0.25, 0.3) is 0 Å². The molecule has 0 aromatic heterocycles. The van der Waals surface area contributed by atoms with Crippen molar-refractivity contribution >= 4 is 0 Å². The van der Waals surface area contributed by atoms with Crippen molar-refractivity contribution in [2.45, 2.75) is 38.3 Å². The van der Waals surface area contributed by atoms with Gasteiger partial charge in [-0.2, -0.15) is 0 Å². The Hall–Kier alpha value is -1.06. The standard InChI is InChI=1S/C14H21NO2/c1-2-8-17-13-5-3-4-11(9-13)14(10-16)15-12-6-7-12/h3-5,9,12,14-16H,2,6-8,10H2,1H3. The molecule has 0 heterocycles. The van der Waals surface area contributed by atoms with Crippen LogP contribution in [-0.2, 0) is 0 Å². The Morgan fingerprint density at radius 1 is 1.47 bits per heavy atom. The van der Waals surface area contributed by atoms with Crippen LogP contribution in [0.1, 0.15) is 37.8 Å². The van der Waals surface area contributed by atoms with E-state index in [1.165, 1.54) is 12.8 Å². The van der Waals surface area contributed by atoms with E-state index in [2.05, 4.69) is 12.2 Å². The molecule has 1 aliphatic carbocycles. The first-order valence-corrected chi connectivity index (χ1v) is 6.43. The number of aliphatic hydroxyl groups excluding tert-OH is 1. The van der Waals surface area contributed by atoms with Crippen molar-refractivity contribution in [2.24, 2.45) is 0 Å². The van der Waals surface area contributed by atoms with Crippen molar-refractivity contribution < 1.29 is 9.84 Å². The van der Waals surface area contributed by atoms with Crippen molar-refractivity contribution in [3.63, 3.8) is 0 Å². The summed E-state index contributed by atoms with van der Waals surface area (Å²) in [7, 11) is 0. The maximum absolute atomic E-state index is 9.42. The van der Waals surface area contributed by atoms with Crippen LogP contribution in [0.2, 0.25) is 0 Å². The highest BCUT2D eigenvalue weighted by molar-refractivity contribution is 5.30.